The summed E-state index contributed by atoms with van der Waals surface area (Å²) in [5.41, 5.74) is -0.217. The summed E-state index contributed by atoms with van der Waals surface area (Å²) in [6.45, 7) is 0. The summed E-state index contributed by atoms with van der Waals surface area (Å²) in [6.07, 6.45) is 1.37. The van der Waals surface area contributed by atoms with Crippen LogP contribution in [0.2, 0.25) is 0 Å². The Kier molecular flexibility index (Phi) is 5.35. The van der Waals surface area contributed by atoms with Gasteiger partial charge in [0.25, 0.3) is 5.56 Å². The van der Waals surface area contributed by atoms with E-state index >= 15 is 0 Å². The second-order valence-electron chi connectivity index (χ2n) is 2.42. The van der Waals surface area contributed by atoms with E-state index in [1.54, 1.807) is 7.05 Å². The van der Waals surface area contributed by atoms with Crippen LogP contribution in [0.5, 0.6) is 0 Å². The smallest absolute Gasteiger partial charge is 0.329 e. The molecule has 0 aliphatic heterocycles. The molecule has 2 aromatic heterocycles. The summed E-state index contributed by atoms with van der Waals surface area (Å²) < 4.78 is 1.27. The number of hydrogen-bond acceptors (Lipinski definition) is 3. The first-order valence-electron chi connectivity index (χ1n) is 3.32. The van der Waals surface area contributed by atoms with E-state index < -0.39 is 11.2 Å². The fourth-order valence-electron chi connectivity index (χ4n) is 1.05. The number of fused-ring (bicyclic) bond motifs is 1. The van der Waals surface area contributed by atoms with E-state index in [2.05, 4.69) is 15.0 Å². The van der Waals surface area contributed by atoms with Crippen LogP contribution >= 0.6 is 0 Å². The predicted molar refractivity (Wildman–Crippen MR) is 53.5 cm³/mol. The normalized spacial score (nSPS) is 9.21. The number of aromatic nitrogens is 4. The van der Waals surface area contributed by atoms with Gasteiger partial charge in [-0.1, -0.05) is 0 Å². The van der Waals surface area contributed by atoms with E-state index in [4.69, 9.17) is 0 Å². The van der Waals surface area contributed by atoms with Crippen molar-refractivity contribution in [1.29, 1.82) is 0 Å². The molecule has 0 aromatic carbocycles. The molecule has 0 saturated carbocycles. The average Bonchev–Trinajstić information content (AvgIpc) is 2.48. The fourth-order valence-corrected chi connectivity index (χ4v) is 1.05. The first kappa shape index (κ1) is 14.2. The molecule has 0 aliphatic carbocycles. The molecule has 0 unspecified atom stereocenters. The zero-order valence-corrected chi connectivity index (χ0v) is 12.3. The Morgan fingerprint density at radius 2 is 2.00 bits per heavy atom. The monoisotopic (exact) mass is 212 g/mol. The van der Waals surface area contributed by atoms with Crippen LogP contribution in [0.25, 0.3) is 11.2 Å². The van der Waals surface area contributed by atoms with E-state index in [0.717, 1.165) is 0 Å². The summed E-state index contributed by atoms with van der Waals surface area (Å²) in [5.74, 6) is 0. The third-order valence-corrected chi connectivity index (χ3v) is 1.69. The molecule has 0 spiro atoms. The van der Waals surface area contributed by atoms with E-state index in [1.165, 1.54) is 10.9 Å². The van der Waals surface area contributed by atoms with Crippen molar-refractivity contribution in [2.45, 2.75) is 0 Å². The molecule has 64 valence electrons. The van der Waals surface area contributed by atoms with Crippen LogP contribution < -0.4 is 11.2 Å². The quantitative estimate of drug-likeness (QED) is 0.505. The fraction of sp³-hybridized carbons (Fsp3) is 0.167. The number of H-pyrrole nitrogens is 2. The molecule has 2 heterocycles. The topological polar surface area (TPSA) is 83.5 Å². The number of imidazole rings is 1. The summed E-state index contributed by atoms with van der Waals surface area (Å²) >= 11 is 0. The van der Waals surface area contributed by atoms with Crippen LogP contribution in [0.4, 0.5) is 0 Å². The largest absolute Gasteiger partial charge is 0.339 e. The minimum atomic E-state index is -0.459. The minimum absolute atomic E-state index is 0. The van der Waals surface area contributed by atoms with Crippen LogP contribution in [0.15, 0.2) is 15.9 Å². The van der Waals surface area contributed by atoms with Crippen molar-refractivity contribution in [2.24, 2.45) is 7.05 Å². The molecular weight excluding hydrogens is 206 g/mol. The summed E-state index contributed by atoms with van der Waals surface area (Å²) in [5, 5.41) is 0. The van der Waals surface area contributed by atoms with Gasteiger partial charge in [0.1, 0.15) is 5.52 Å². The number of nitrogens with zero attached hydrogens (tertiary/aromatic N) is 2. The van der Waals surface area contributed by atoms with Crippen LogP contribution in [0.1, 0.15) is 0 Å². The second kappa shape index (κ2) is 5.29. The van der Waals surface area contributed by atoms with Crippen molar-refractivity contribution >= 4 is 70.3 Å². The first-order chi connectivity index (χ1) is 5.70. The van der Waals surface area contributed by atoms with Gasteiger partial charge in [0, 0.05) is 66.2 Å². The average molecular weight is 212 g/mol. The molecule has 0 fully saturated rings. The third-order valence-electron chi connectivity index (χ3n) is 1.69. The summed E-state index contributed by atoms with van der Waals surface area (Å²) in [4.78, 5) is 30.7. The van der Waals surface area contributed by atoms with Crippen LogP contribution in [-0.2, 0) is 7.05 Å². The van der Waals surface area contributed by atoms with Crippen LogP contribution in [0, 0.1) is 0 Å². The van der Waals surface area contributed by atoms with Gasteiger partial charge in [-0.25, -0.2) is 9.78 Å². The zero-order chi connectivity index (χ0) is 8.72. The zero-order valence-electron chi connectivity index (χ0n) is 8.29. The maximum absolute atomic E-state index is 11.1. The number of nitrogens with one attached hydrogen (secondary N) is 2. The second-order valence-corrected chi connectivity index (χ2v) is 2.42. The van der Waals surface area contributed by atoms with Gasteiger partial charge in [-0.15, -0.1) is 0 Å². The minimum Gasteiger partial charge on any atom is -0.339 e. The Bertz CT molecular complexity index is 540. The van der Waals surface area contributed by atoms with Gasteiger partial charge in [0.2, 0.25) is 0 Å². The summed E-state index contributed by atoms with van der Waals surface area (Å²) in [6, 6.07) is 0. The molecule has 8 heteroatoms. The Hall–Kier alpha value is 0.150. The standard InChI is InChI=1S/C6H6N4O2.2Na/c1-10-4-3(7-2-8-4)5(11)9-6(10)12;;/h2H,1H3,(H,7,8)(H,9,11,12);;. The van der Waals surface area contributed by atoms with Crippen molar-refractivity contribution in [3.05, 3.63) is 27.2 Å². The molecule has 0 atom stereocenters. The van der Waals surface area contributed by atoms with Crippen LogP contribution in [-0.4, -0.2) is 78.6 Å². The van der Waals surface area contributed by atoms with Gasteiger partial charge in [-0.3, -0.25) is 14.3 Å². The molecule has 0 bridgehead atoms. The maximum Gasteiger partial charge on any atom is 0.329 e. The number of aromatic amines is 2. The molecule has 14 heavy (non-hydrogen) atoms. The van der Waals surface area contributed by atoms with Gasteiger partial charge in [0.15, 0.2) is 5.65 Å². The number of aryl methyl sites for hydroxylation is 1. The van der Waals surface area contributed by atoms with Crippen molar-refractivity contribution in [2.75, 3.05) is 0 Å². The van der Waals surface area contributed by atoms with E-state index in [1.807, 2.05) is 0 Å². The Balaban J connectivity index is 0.000000845. The van der Waals surface area contributed by atoms with Gasteiger partial charge in [-0.2, -0.15) is 0 Å². The van der Waals surface area contributed by atoms with E-state index in [0.29, 0.717) is 11.2 Å². The predicted octanol–water partition coefficient (Wildman–Crippen LogP) is -1.81. The molecule has 0 amide bonds. The summed E-state index contributed by atoms with van der Waals surface area (Å²) in [7, 11) is 1.54. The van der Waals surface area contributed by atoms with Gasteiger partial charge >= 0.3 is 5.69 Å². The molecule has 6 nitrogen and oxygen atoms in total. The third kappa shape index (κ3) is 2.21. The Labute approximate surface area is 123 Å². The Morgan fingerprint density at radius 1 is 1.36 bits per heavy atom. The SMILES string of the molecule is Cn1c(=O)[nH]c(=O)c2[nH]cnc21.[Na].[Na]. The molecular formula is C6H6N4Na2O2. The number of rotatable bonds is 0. The van der Waals surface area contributed by atoms with Crippen molar-refractivity contribution < 1.29 is 0 Å². The maximum atomic E-state index is 11.1. The van der Waals surface area contributed by atoms with Crippen molar-refractivity contribution in [1.82, 2.24) is 19.5 Å². The van der Waals surface area contributed by atoms with Crippen LogP contribution in [0.3, 0.4) is 0 Å². The van der Waals surface area contributed by atoms with E-state index in [9.17, 15) is 9.59 Å². The molecule has 0 aliphatic rings. The molecule has 2 aromatic rings. The molecule has 2 rings (SSSR count). The molecule has 0 saturated heterocycles. The molecule has 2 radical (unpaired) electrons. The first-order valence-corrected chi connectivity index (χ1v) is 3.32. The van der Waals surface area contributed by atoms with Crippen molar-refractivity contribution in [3.8, 4) is 0 Å². The van der Waals surface area contributed by atoms with Crippen molar-refractivity contribution in [3.63, 3.8) is 0 Å². The Morgan fingerprint density at radius 3 is 2.64 bits per heavy atom. The van der Waals surface area contributed by atoms with E-state index in [-0.39, 0.29) is 59.1 Å². The van der Waals surface area contributed by atoms with Gasteiger partial charge in [-0.05, 0) is 0 Å². The number of hydrogen-bond donors (Lipinski definition) is 2. The van der Waals surface area contributed by atoms with Gasteiger partial charge < -0.3 is 4.98 Å². The molecule has 2 N–H and O–H groups in total. The van der Waals surface area contributed by atoms with Gasteiger partial charge in [0.05, 0.1) is 6.33 Å².